The van der Waals surface area contributed by atoms with Gasteiger partial charge in [-0.3, -0.25) is 14.3 Å². The van der Waals surface area contributed by atoms with Crippen LogP contribution >= 0.6 is 11.8 Å². The van der Waals surface area contributed by atoms with Gasteiger partial charge in [0.2, 0.25) is 5.91 Å². The molecule has 1 N–H and O–H groups in total. The molecule has 0 saturated heterocycles. The van der Waals surface area contributed by atoms with Crippen LogP contribution in [0.15, 0.2) is 53.3 Å². The first-order chi connectivity index (χ1) is 14.9. The van der Waals surface area contributed by atoms with E-state index in [0.717, 1.165) is 29.2 Å². The number of nitrogens with one attached hydrogen (secondary N) is 1. The summed E-state index contributed by atoms with van der Waals surface area (Å²) in [5.41, 5.74) is 3.87. The van der Waals surface area contributed by atoms with Crippen molar-refractivity contribution >= 4 is 23.4 Å². The third-order valence-electron chi connectivity index (χ3n) is 5.09. The number of benzene rings is 2. The SMILES string of the molecule is Cc1ccc(C)c(OCCCSCC(=O)Nc2c(C)n(C)n(-c3ccccc3)c2=O)c1. The molecule has 0 unspecified atom stereocenters. The minimum Gasteiger partial charge on any atom is -0.493 e. The van der Waals surface area contributed by atoms with Crippen molar-refractivity contribution in [2.45, 2.75) is 27.2 Å². The fourth-order valence-corrected chi connectivity index (χ4v) is 3.98. The van der Waals surface area contributed by atoms with Gasteiger partial charge in [-0.15, -0.1) is 0 Å². The number of para-hydroxylation sites is 1. The van der Waals surface area contributed by atoms with E-state index in [-0.39, 0.29) is 11.5 Å². The molecule has 6 nitrogen and oxygen atoms in total. The number of carbonyl (C=O) groups is 1. The molecule has 164 valence electrons. The van der Waals surface area contributed by atoms with Gasteiger partial charge in [0.1, 0.15) is 11.4 Å². The van der Waals surface area contributed by atoms with E-state index in [2.05, 4.69) is 17.4 Å². The summed E-state index contributed by atoms with van der Waals surface area (Å²) in [6, 6.07) is 15.6. The zero-order valence-electron chi connectivity index (χ0n) is 18.5. The van der Waals surface area contributed by atoms with E-state index in [1.54, 1.807) is 9.36 Å². The monoisotopic (exact) mass is 439 g/mol. The Bertz CT molecular complexity index is 1100. The lowest BCUT2D eigenvalue weighted by atomic mass is 10.1. The highest BCUT2D eigenvalue weighted by Gasteiger charge is 2.17. The third kappa shape index (κ3) is 5.61. The van der Waals surface area contributed by atoms with E-state index >= 15 is 0 Å². The first kappa shape index (κ1) is 22.7. The topological polar surface area (TPSA) is 65.3 Å². The summed E-state index contributed by atoms with van der Waals surface area (Å²) in [6.07, 6.45) is 0.844. The first-order valence-electron chi connectivity index (χ1n) is 10.3. The van der Waals surface area contributed by atoms with Crippen LogP contribution in [0.1, 0.15) is 23.2 Å². The Hall–Kier alpha value is -2.93. The summed E-state index contributed by atoms with van der Waals surface area (Å²) in [7, 11) is 1.81. The molecule has 0 aliphatic heterocycles. The predicted molar refractivity (Wildman–Crippen MR) is 128 cm³/mol. The van der Waals surface area contributed by atoms with Gasteiger partial charge >= 0.3 is 0 Å². The van der Waals surface area contributed by atoms with E-state index in [4.69, 9.17) is 4.74 Å². The summed E-state index contributed by atoms with van der Waals surface area (Å²) >= 11 is 1.53. The fraction of sp³-hybridized carbons (Fsp3) is 0.333. The summed E-state index contributed by atoms with van der Waals surface area (Å²) in [4.78, 5) is 25.2. The number of ether oxygens (including phenoxy) is 1. The lowest BCUT2D eigenvalue weighted by Crippen LogP contribution is -2.23. The maximum Gasteiger partial charge on any atom is 0.295 e. The molecule has 0 aliphatic rings. The van der Waals surface area contributed by atoms with E-state index < -0.39 is 0 Å². The maximum absolute atomic E-state index is 12.9. The van der Waals surface area contributed by atoms with Crippen molar-refractivity contribution in [3.63, 3.8) is 0 Å². The van der Waals surface area contributed by atoms with Crippen LogP contribution in [0.5, 0.6) is 5.75 Å². The molecule has 0 saturated carbocycles. The molecule has 3 rings (SSSR count). The average molecular weight is 440 g/mol. The van der Waals surface area contributed by atoms with Crippen molar-refractivity contribution in [2.75, 3.05) is 23.4 Å². The quantitative estimate of drug-likeness (QED) is 0.507. The predicted octanol–water partition coefficient (Wildman–Crippen LogP) is 4.24. The third-order valence-corrected chi connectivity index (χ3v) is 6.13. The van der Waals surface area contributed by atoms with Crippen LogP contribution in [0, 0.1) is 20.8 Å². The van der Waals surface area contributed by atoms with Crippen LogP contribution in [-0.4, -0.2) is 33.4 Å². The molecule has 0 aliphatic carbocycles. The van der Waals surface area contributed by atoms with Gasteiger partial charge in [0.15, 0.2) is 0 Å². The molecule has 31 heavy (non-hydrogen) atoms. The molecule has 0 atom stereocenters. The van der Waals surface area contributed by atoms with Crippen molar-refractivity contribution < 1.29 is 9.53 Å². The molecular formula is C24H29N3O3S. The summed E-state index contributed by atoms with van der Waals surface area (Å²) < 4.78 is 9.16. The number of hydrogen-bond donors (Lipinski definition) is 1. The van der Waals surface area contributed by atoms with Gasteiger partial charge in [-0.05, 0) is 62.3 Å². The summed E-state index contributed by atoms with van der Waals surface area (Å²) in [5, 5.41) is 2.79. The highest BCUT2D eigenvalue weighted by Crippen LogP contribution is 2.19. The van der Waals surface area contributed by atoms with Gasteiger partial charge < -0.3 is 10.1 Å². The van der Waals surface area contributed by atoms with Crippen LogP contribution in [0.2, 0.25) is 0 Å². The fourth-order valence-electron chi connectivity index (χ4n) is 3.26. The number of aromatic nitrogens is 2. The van der Waals surface area contributed by atoms with Crippen LogP contribution in [-0.2, 0) is 11.8 Å². The Kier molecular flexibility index (Phi) is 7.63. The highest BCUT2D eigenvalue weighted by atomic mass is 32.2. The maximum atomic E-state index is 12.9. The highest BCUT2D eigenvalue weighted by molar-refractivity contribution is 7.99. The minimum atomic E-state index is -0.230. The Labute approximate surface area is 187 Å². The van der Waals surface area contributed by atoms with Gasteiger partial charge in [-0.2, -0.15) is 11.8 Å². The number of aryl methyl sites for hydroxylation is 2. The summed E-state index contributed by atoms with van der Waals surface area (Å²) in [5.74, 6) is 1.84. The number of carbonyl (C=O) groups excluding carboxylic acids is 1. The van der Waals surface area contributed by atoms with Crippen molar-refractivity contribution in [1.29, 1.82) is 0 Å². The second-order valence-electron chi connectivity index (χ2n) is 7.51. The van der Waals surface area contributed by atoms with Crippen molar-refractivity contribution in [3.8, 4) is 11.4 Å². The summed E-state index contributed by atoms with van der Waals surface area (Å²) in [6.45, 7) is 6.52. The molecule has 3 aromatic rings. The smallest absolute Gasteiger partial charge is 0.295 e. The average Bonchev–Trinajstić information content (AvgIpc) is 2.96. The molecule has 0 fully saturated rings. The number of rotatable bonds is 9. The molecule has 0 radical (unpaired) electrons. The lowest BCUT2D eigenvalue weighted by molar-refractivity contribution is -0.113. The zero-order chi connectivity index (χ0) is 22.4. The van der Waals surface area contributed by atoms with Gasteiger partial charge in [0.05, 0.1) is 23.7 Å². The number of anilines is 1. The first-order valence-corrected chi connectivity index (χ1v) is 11.5. The molecule has 0 bridgehead atoms. The largest absolute Gasteiger partial charge is 0.493 e. The normalized spacial score (nSPS) is 10.8. The molecule has 2 aromatic carbocycles. The van der Waals surface area contributed by atoms with Crippen molar-refractivity contribution in [2.24, 2.45) is 7.05 Å². The van der Waals surface area contributed by atoms with Crippen molar-refractivity contribution in [1.82, 2.24) is 9.36 Å². The minimum absolute atomic E-state index is 0.175. The van der Waals surface area contributed by atoms with Gasteiger partial charge in [0, 0.05) is 7.05 Å². The number of thioether (sulfide) groups is 1. The molecular weight excluding hydrogens is 410 g/mol. The van der Waals surface area contributed by atoms with E-state index in [9.17, 15) is 9.59 Å². The standard InChI is InChI=1S/C24H29N3O3S/c1-17-11-12-18(2)21(15-17)30-13-8-14-31-16-22(28)25-23-19(3)26(4)27(24(23)29)20-9-6-5-7-10-20/h5-7,9-12,15H,8,13-14,16H2,1-4H3,(H,25,28). The van der Waals surface area contributed by atoms with Crippen LogP contribution < -0.4 is 15.6 Å². The zero-order valence-corrected chi connectivity index (χ0v) is 19.3. The van der Waals surface area contributed by atoms with Crippen LogP contribution in [0.4, 0.5) is 5.69 Å². The van der Waals surface area contributed by atoms with Gasteiger partial charge in [0.25, 0.3) is 5.56 Å². The number of amides is 1. The van der Waals surface area contributed by atoms with Crippen molar-refractivity contribution in [3.05, 3.63) is 75.7 Å². The molecule has 1 aromatic heterocycles. The Morgan fingerprint density at radius 3 is 2.58 bits per heavy atom. The Balaban J connectivity index is 1.48. The van der Waals surface area contributed by atoms with E-state index in [1.807, 2.05) is 64.2 Å². The Morgan fingerprint density at radius 1 is 1.10 bits per heavy atom. The van der Waals surface area contributed by atoms with E-state index in [0.29, 0.717) is 23.7 Å². The van der Waals surface area contributed by atoms with Crippen LogP contribution in [0.3, 0.4) is 0 Å². The van der Waals surface area contributed by atoms with Gasteiger partial charge in [-0.1, -0.05) is 30.3 Å². The molecule has 1 heterocycles. The lowest BCUT2D eigenvalue weighted by Gasteiger charge is -2.09. The number of nitrogens with zero attached hydrogens (tertiary/aromatic N) is 2. The van der Waals surface area contributed by atoms with E-state index in [1.165, 1.54) is 17.3 Å². The number of hydrogen-bond acceptors (Lipinski definition) is 4. The molecule has 1 amide bonds. The second-order valence-corrected chi connectivity index (χ2v) is 8.61. The van der Waals surface area contributed by atoms with Crippen LogP contribution in [0.25, 0.3) is 5.69 Å². The van der Waals surface area contributed by atoms with Gasteiger partial charge in [-0.25, -0.2) is 4.68 Å². The molecule has 7 heteroatoms. The molecule has 0 spiro atoms. The second kappa shape index (κ2) is 10.4. The Morgan fingerprint density at radius 2 is 1.84 bits per heavy atom.